The molecule has 4 rings (SSSR count). The third kappa shape index (κ3) is 5.35. The van der Waals surface area contributed by atoms with E-state index >= 15 is 0 Å². The average Bonchev–Trinajstić information content (AvgIpc) is 2.83. The monoisotopic (exact) mass is 515 g/mol. The third-order valence-electron chi connectivity index (χ3n) is 5.65. The predicted molar refractivity (Wildman–Crippen MR) is 118 cm³/mol. The van der Waals surface area contributed by atoms with Crippen molar-refractivity contribution in [2.75, 3.05) is 18.1 Å². The maximum absolute atomic E-state index is 13.4. The van der Waals surface area contributed by atoms with E-state index in [-0.39, 0.29) is 23.6 Å². The van der Waals surface area contributed by atoms with Crippen molar-refractivity contribution < 1.29 is 45.3 Å². The standard InChI is InChI=1S/C25H20F7NO3/c26-23(27)25(31,32)36-17-9-4-8-16(12-17)20-14-35-22-18(15-6-2-1-3-7-15)10-5-11-19(22)33(20)13-21(34)24(28,29)30/h1-12,20-21,23,34H,13-14H2/t20-,21+/m1/s1. The molecule has 0 spiro atoms. The molecule has 3 aromatic rings. The summed E-state index contributed by atoms with van der Waals surface area (Å²) in [4.78, 5) is 1.26. The van der Waals surface area contributed by atoms with E-state index < -0.39 is 43.2 Å². The van der Waals surface area contributed by atoms with E-state index in [9.17, 15) is 35.8 Å². The Morgan fingerprint density at radius 2 is 1.64 bits per heavy atom. The van der Waals surface area contributed by atoms with Gasteiger partial charge in [-0.2, -0.15) is 30.7 Å². The SMILES string of the molecule is O[C@@H](CN1c2cccc(-c3ccccc3)c2OC[C@@H]1c1cccc(OC(F)(F)C(F)F)c1)C(F)(F)F. The van der Waals surface area contributed by atoms with Crippen LogP contribution in [0.15, 0.2) is 72.8 Å². The molecule has 0 saturated heterocycles. The van der Waals surface area contributed by atoms with Gasteiger partial charge in [0.25, 0.3) is 0 Å². The lowest BCUT2D eigenvalue weighted by Crippen LogP contribution is -2.46. The smallest absolute Gasteiger partial charge is 0.461 e. The van der Waals surface area contributed by atoms with Gasteiger partial charge in [0.05, 0.1) is 18.3 Å². The highest BCUT2D eigenvalue weighted by atomic mass is 19.4. The maximum atomic E-state index is 13.4. The Morgan fingerprint density at radius 1 is 0.944 bits per heavy atom. The van der Waals surface area contributed by atoms with Crippen LogP contribution in [0.25, 0.3) is 11.1 Å². The van der Waals surface area contributed by atoms with Gasteiger partial charge in [0.1, 0.15) is 12.4 Å². The van der Waals surface area contributed by atoms with Gasteiger partial charge in [0, 0.05) is 5.56 Å². The minimum Gasteiger partial charge on any atom is -0.488 e. The first-order chi connectivity index (χ1) is 17.0. The molecule has 1 N–H and O–H groups in total. The first kappa shape index (κ1) is 25.6. The third-order valence-corrected chi connectivity index (χ3v) is 5.65. The number of nitrogens with zero attached hydrogens (tertiary/aromatic N) is 1. The number of hydrogen-bond donors (Lipinski definition) is 1. The van der Waals surface area contributed by atoms with Gasteiger partial charge < -0.3 is 19.5 Å². The van der Waals surface area contributed by atoms with Crippen LogP contribution in [0.3, 0.4) is 0 Å². The number of fused-ring (bicyclic) bond motifs is 1. The molecule has 0 bridgehead atoms. The topological polar surface area (TPSA) is 41.9 Å². The summed E-state index contributed by atoms with van der Waals surface area (Å²) in [5.41, 5.74) is 1.75. The van der Waals surface area contributed by atoms with Gasteiger partial charge in [0.15, 0.2) is 11.9 Å². The second-order valence-corrected chi connectivity index (χ2v) is 8.09. The van der Waals surface area contributed by atoms with Crippen molar-refractivity contribution in [3.05, 3.63) is 78.4 Å². The fourth-order valence-corrected chi connectivity index (χ4v) is 3.95. The molecule has 192 valence electrons. The molecule has 0 fully saturated rings. The molecule has 0 aliphatic carbocycles. The molecule has 11 heteroatoms. The summed E-state index contributed by atoms with van der Waals surface area (Å²) < 4.78 is 102. The molecule has 1 aliphatic heterocycles. The maximum Gasteiger partial charge on any atom is 0.461 e. The van der Waals surface area contributed by atoms with Crippen molar-refractivity contribution in [2.45, 2.75) is 30.9 Å². The van der Waals surface area contributed by atoms with Crippen molar-refractivity contribution in [2.24, 2.45) is 0 Å². The lowest BCUT2D eigenvalue weighted by Gasteiger charge is -2.41. The second-order valence-electron chi connectivity index (χ2n) is 8.09. The van der Waals surface area contributed by atoms with Gasteiger partial charge in [-0.15, -0.1) is 0 Å². The van der Waals surface area contributed by atoms with Crippen molar-refractivity contribution in [3.8, 4) is 22.6 Å². The number of β-amino-alcohol motifs (C(OH)–C–C–N with tert-alkyl or cyclic N) is 1. The molecular weight excluding hydrogens is 495 g/mol. The van der Waals surface area contributed by atoms with Crippen LogP contribution in [0.5, 0.6) is 11.5 Å². The van der Waals surface area contributed by atoms with E-state index in [1.54, 1.807) is 42.5 Å². The quantitative estimate of drug-likeness (QED) is 0.367. The number of ether oxygens (including phenoxy) is 2. The largest absolute Gasteiger partial charge is 0.488 e. The zero-order valence-corrected chi connectivity index (χ0v) is 18.4. The van der Waals surface area contributed by atoms with Crippen LogP contribution in [0, 0.1) is 0 Å². The van der Waals surface area contributed by atoms with Crippen LogP contribution in [-0.2, 0) is 0 Å². The lowest BCUT2D eigenvalue weighted by molar-refractivity contribution is -0.253. The summed E-state index contributed by atoms with van der Waals surface area (Å²) in [6, 6.07) is 17.6. The summed E-state index contributed by atoms with van der Waals surface area (Å²) in [5.74, 6) is -0.316. The van der Waals surface area contributed by atoms with E-state index in [1.807, 2.05) is 0 Å². The van der Waals surface area contributed by atoms with Crippen molar-refractivity contribution in [3.63, 3.8) is 0 Å². The van der Waals surface area contributed by atoms with E-state index in [0.29, 0.717) is 5.56 Å². The van der Waals surface area contributed by atoms with Crippen LogP contribution < -0.4 is 14.4 Å². The van der Waals surface area contributed by atoms with Gasteiger partial charge in [0.2, 0.25) is 0 Å². The minimum atomic E-state index is -4.93. The number of aliphatic hydroxyl groups is 1. The lowest BCUT2D eigenvalue weighted by atomic mass is 9.98. The number of rotatable bonds is 7. The van der Waals surface area contributed by atoms with E-state index in [0.717, 1.165) is 17.7 Å². The van der Waals surface area contributed by atoms with E-state index in [4.69, 9.17) is 4.74 Å². The molecule has 0 aromatic heterocycles. The number of alkyl halides is 7. The van der Waals surface area contributed by atoms with E-state index in [2.05, 4.69) is 4.74 Å². The zero-order valence-electron chi connectivity index (χ0n) is 18.4. The van der Waals surface area contributed by atoms with Crippen LogP contribution in [-0.4, -0.2) is 43.1 Å². The zero-order chi connectivity index (χ0) is 26.1. The molecule has 2 atom stereocenters. The molecule has 1 heterocycles. The molecule has 3 aromatic carbocycles. The van der Waals surface area contributed by atoms with Crippen LogP contribution in [0.2, 0.25) is 0 Å². The number of halogens is 7. The normalized spacial score (nSPS) is 16.9. The molecule has 0 saturated carbocycles. The van der Waals surface area contributed by atoms with E-state index in [1.165, 1.54) is 23.1 Å². The number of benzene rings is 3. The van der Waals surface area contributed by atoms with Gasteiger partial charge in [-0.1, -0.05) is 54.6 Å². The Hall–Kier alpha value is -3.47. The number of para-hydroxylation sites is 1. The highest BCUT2D eigenvalue weighted by Gasteiger charge is 2.45. The van der Waals surface area contributed by atoms with Crippen molar-refractivity contribution in [1.29, 1.82) is 0 Å². The number of aliphatic hydroxyl groups excluding tert-OH is 1. The fourth-order valence-electron chi connectivity index (χ4n) is 3.95. The molecule has 4 nitrogen and oxygen atoms in total. The van der Waals surface area contributed by atoms with Gasteiger partial charge in [-0.05, 0) is 29.3 Å². The Bertz CT molecular complexity index is 1190. The molecule has 0 amide bonds. The first-order valence-electron chi connectivity index (χ1n) is 10.7. The minimum absolute atomic E-state index is 0.169. The second kappa shape index (κ2) is 9.88. The van der Waals surface area contributed by atoms with Crippen molar-refractivity contribution in [1.82, 2.24) is 0 Å². The summed E-state index contributed by atoms with van der Waals surface area (Å²) in [6.45, 7) is -1.10. The molecule has 36 heavy (non-hydrogen) atoms. The summed E-state index contributed by atoms with van der Waals surface area (Å²) in [7, 11) is 0. The Morgan fingerprint density at radius 3 is 2.31 bits per heavy atom. The number of anilines is 1. The fraction of sp³-hybridized carbons (Fsp3) is 0.280. The van der Waals surface area contributed by atoms with Gasteiger partial charge >= 0.3 is 18.7 Å². The average molecular weight is 515 g/mol. The Balaban J connectivity index is 1.75. The summed E-state index contributed by atoms with van der Waals surface area (Å²) >= 11 is 0. The molecule has 1 aliphatic rings. The summed E-state index contributed by atoms with van der Waals surface area (Å²) in [5, 5.41) is 9.87. The van der Waals surface area contributed by atoms with Crippen molar-refractivity contribution >= 4 is 5.69 Å². The highest BCUT2D eigenvalue weighted by molar-refractivity contribution is 5.79. The Kier molecular flexibility index (Phi) is 7.03. The van der Waals surface area contributed by atoms with Gasteiger partial charge in [-0.3, -0.25) is 0 Å². The van der Waals surface area contributed by atoms with Crippen LogP contribution in [0.1, 0.15) is 11.6 Å². The van der Waals surface area contributed by atoms with Crippen LogP contribution in [0.4, 0.5) is 36.4 Å². The molecule has 0 unspecified atom stereocenters. The predicted octanol–water partition coefficient (Wildman–Crippen LogP) is 6.45. The summed E-state index contributed by atoms with van der Waals surface area (Å²) in [6.07, 6.45) is -16.5. The Labute approximate surface area is 201 Å². The van der Waals surface area contributed by atoms with Gasteiger partial charge in [-0.25, -0.2) is 0 Å². The number of hydrogen-bond acceptors (Lipinski definition) is 4. The first-order valence-corrected chi connectivity index (χ1v) is 10.7. The molecule has 0 radical (unpaired) electrons. The van der Waals surface area contributed by atoms with Crippen LogP contribution >= 0.6 is 0 Å². The highest BCUT2D eigenvalue weighted by Crippen LogP contribution is 2.46. The molecular formula is C25H20F7NO3.